The van der Waals surface area contributed by atoms with E-state index < -0.39 is 24.2 Å². The first-order valence-corrected chi connectivity index (χ1v) is 8.33. The molecule has 5 nitrogen and oxygen atoms in total. The zero-order chi connectivity index (χ0) is 19.5. The van der Waals surface area contributed by atoms with Crippen molar-refractivity contribution in [3.05, 3.63) is 58.4 Å². The minimum absolute atomic E-state index is 0.0431. The summed E-state index contributed by atoms with van der Waals surface area (Å²) in [5.41, 5.74) is 0.677. The fraction of sp³-hybridized carbons (Fsp3) is 0.263. The van der Waals surface area contributed by atoms with Gasteiger partial charge in [-0.15, -0.1) is 0 Å². The summed E-state index contributed by atoms with van der Waals surface area (Å²) < 4.78 is 13.7. The lowest BCUT2D eigenvalue weighted by atomic mass is 9.87. The molecule has 138 valence electrons. The number of phenolic OH excluding ortho intramolecular Hbond substituents is 1. The lowest BCUT2D eigenvalue weighted by molar-refractivity contribution is -0.115. The molecule has 0 aliphatic heterocycles. The van der Waals surface area contributed by atoms with E-state index in [1.807, 2.05) is 20.8 Å². The summed E-state index contributed by atoms with van der Waals surface area (Å²) in [6.07, 6.45) is 0. The Balaban J connectivity index is 2.05. The second kappa shape index (κ2) is 7.74. The van der Waals surface area contributed by atoms with E-state index in [-0.39, 0.29) is 27.4 Å². The predicted octanol–water partition coefficient (Wildman–Crippen LogP) is 3.85. The topological polar surface area (TPSA) is 78.4 Å². The summed E-state index contributed by atoms with van der Waals surface area (Å²) in [5, 5.41) is 14.7. The molecule has 0 unspecified atom stereocenters. The van der Waals surface area contributed by atoms with Crippen molar-refractivity contribution < 1.29 is 19.1 Å². The second-order valence-corrected chi connectivity index (χ2v) is 7.22. The van der Waals surface area contributed by atoms with Gasteiger partial charge in [0.2, 0.25) is 5.91 Å². The van der Waals surface area contributed by atoms with E-state index in [4.69, 9.17) is 11.6 Å². The molecule has 0 aromatic heterocycles. The quantitative estimate of drug-likeness (QED) is 0.707. The molecule has 2 amide bonds. The number of anilines is 1. The fourth-order valence-electron chi connectivity index (χ4n) is 2.26. The average molecular weight is 379 g/mol. The molecule has 26 heavy (non-hydrogen) atoms. The summed E-state index contributed by atoms with van der Waals surface area (Å²) in [4.78, 5) is 24.1. The van der Waals surface area contributed by atoms with Crippen LogP contribution in [0.1, 0.15) is 36.7 Å². The summed E-state index contributed by atoms with van der Waals surface area (Å²) in [7, 11) is 0. The Kier molecular flexibility index (Phi) is 5.87. The highest BCUT2D eigenvalue weighted by atomic mass is 35.5. The Morgan fingerprint density at radius 3 is 2.50 bits per heavy atom. The van der Waals surface area contributed by atoms with Gasteiger partial charge in [-0.25, -0.2) is 4.39 Å². The summed E-state index contributed by atoms with van der Waals surface area (Å²) in [5.74, 6) is -2.22. The van der Waals surface area contributed by atoms with Crippen molar-refractivity contribution in [1.29, 1.82) is 0 Å². The van der Waals surface area contributed by atoms with E-state index in [1.54, 1.807) is 12.1 Å². The molecule has 0 fully saturated rings. The van der Waals surface area contributed by atoms with Gasteiger partial charge in [-0.05, 0) is 35.2 Å². The van der Waals surface area contributed by atoms with Gasteiger partial charge in [-0.1, -0.05) is 44.5 Å². The number of hydrogen-bond donors (Lipinski definition) is 3. The SMILES string of the molecule is CC(C)(C)c1ccc(O)c(NC(=O)CNC(=O)c2c(F)cccc2Cl)c1. The van der Waals surface area contributed by atoms with Crippen LogP contribution in [0.3, 0.4) is 0 Å². The van der Waals surface area contributed by atoms with Crippen LogP contribution in [-0.4, -0.2) is 23.5 Å². The number of nitrogens with one attached hydrogen (secondary N) is 2. The minimum atomic E-state index is -0.795. The molecule has 0 radical (unpaired) electrons. The van der Waals surface area contributed by atoms with Crippen LogP contribution in [0.5, 0.6) is 5.75 Å². The lowest BCUT2D eigenvalue weighted by Crippen LogP contribution is -2.33. The Labute approximate surface area is 156 Å². The third-order valence-corrected chi connectivity index (χ3v) is 4.05. The van der Waals surface area contributed by atoms with E-state index in [0.29, 0.717) is 0 Å². The van der Waals surface area contributed by atoms with Gasteiger partial charge in [0, 0.05) is 0 Å². The molecule has 3 N–H and O–H groups in total. The van der Waals surface area contributed by atoms with Gasteiger partial charge in [0.25, 0.3) is 5.91 Å². The number of hydrogen-bond acceptors (Lipinski definition) is 3. The van der Waals surface area contributed by atoms with Gasteiger partial charge in [0.05, 0.1) is 22.8 Å². The fourth-order valence-corrected chi connectivity index (χ4v) is 2.51. The van der Waals surface area contributed by atoms with Crippen molar-refractivity contribution in [1.82, 2.24) is 5.32 Å². The standard InChI is InChI=1S/C19H20ClFN2O3/c1-19(2,3)11-7-8-15(24)14(9-11)23-16(25)10-22-18(26)17-12(20)5-4-6-13(17)21/h4-9,24H,10H2,1-3H3,(H,22,26)(H,23,25). The highest BCUT2D eigenvalue weighted by Crippen LogP contribution is 2.30. The van der Waals surface area contributed by atoms with E-state index in [1.165, 1.54) is 18.2 Å². The maximum absolute atomic E-state index is 13.7. The van der Waals surface area contributed by atoms with E-state index in [0.717, 1.165) is 11.6 Å². The van der Waals surface area contributed by atoms with Crippen molar-refractivity contribution in [2.75, 3.05) is 11.9 Å². The number of carbonyl (C=O) groups excluding carboxylic acids is 2. The van der Waals surface area contributed by atoms with Gasteiger partial charge < -0.3 is 15.7 Å². The van der Waals surface area contributed by atoms with Crippen LogP contribution in [0.15, 0.2) is 36.4 Å². The molecule has 2 rings (SSSR count). The first kappa shape index (κ1) is 19.7. The first-order chi connectivity index (χ1) is 12.1. The monoisotopic (exact) mass is 378 g/mol. The zero-order valence-corrected chi connectivity index (χ0v) is 15.4. The molecule has 0 aliphatic carbocycles. The number of rotatable bonds is 4. The van der Waals surface area contributed by atoms with Crippen molar-refractivity contribution in [2.45, 2.75) is 26.2 Å². The molecular formula is C19H20ClFN2O3. The van der Waals surface area contributed by atoms with Crippen LogP contribution in [0, 0.1) is 5.82 Å². The van der Waals surface area contributed by atoms with E-state index in [9.17, 15) is 19.1 Å². The van der Waals surface area contributed by atoms with Crippen LogP contribution in [0.2, 0.25) is 5.02 Å². The Morgan fingerprint density at radius 2 is 1.88 bits per heavy atom. The highest BCUT2D eigenvalue weighted by molar-refractivity contribution is 6.33. The van der Waals surface area contributed by atoms with Gasteiger partial charge in [-0.2, -0.15) is 0 Å². The molecule has 0 saturated carbocycles. The molecule has 2 aromatic carbocycles. The van der Waals surface area contributed by atoms with Crippen LogP contribution in [0.25, 0.3) is 0 Å². The van der Waals surface area contributed by atoms with Crippen LogP contribution >= 0.6 is 11.6 Å². The van der Waals surface area contributed by atoms with Crippen LogP contribution < -0.4 is 10.6 Å². The van der Waals surface area contributed by atoms with Gasteiger partial charge >= 0.3 is 0 Å². The lowest BCUT2D eigenvalue weighted by Gasteiger charge is -2.20. The molecule has 0 spiro atoms. The third-order valence-electron chi connectivity index (χ3n) is 3.74. The average Bonchev–Trinajstić information content (AvgIpc) is 2.53. The number of phenols is 1. The van der Waals surface area contributed by atoms with Gasteiger partial charge in [-0.3, -0.25) is 9.59 Å². The van der Waals surface area contributed by atoms with E-state index >= 15 is 0 Å². The Morgan fingerprint density at radius 1 is 1.19 bits per heavy atom. The Bertz CT molecular complexity index is 827. The molecular weight excluding hydrogens is 359 g/mol. The Hall–Kier alpha value is -2.60. The van der Waals surface area contributed by atoms with E-state index in [2.05, 4.69) is 10.6 Å². The van der Waals surface area contributed by atoms with Crippen LogP contribution in [-0.2, 0) is 10.2 Å². The summed E-state index contributed by atoms with van der Waals surface area (Å²) >= 11 is 5.82. The van der Waals surface area contributed by atoms with Crippen molar-refractivity contribution in [3.63, 3.8) is 0 Å². The van der Waals surface area contributed by atoms with Gasteiger partial charge in [0.1, 0.15) is 11.6 Å². The predicted molar refractivity (Wildman–Crippen MR) is 99.2 cm³/mol. The minimum Gasteiger partial charge on any atom is -0.506 e. The zero-order valence-electron chi connectivity index (χ0n) is 14.7. The molecule has 0 saturated heterocycles. The van der Waals surface area contributed by atoms with Gasteiger partial charge in [0.15, 0.2) is 0 Å². The number of benzene rings is 2. The molecule has 0 aliphatic rings. The summed E-state index contributed by atoms with van der Waals surface area (Å²) in [6, 6.07) is 8.81. The summed E-state index contributed by atoms with van der Waals surface area (Å²) in [6.45, 7) is 5.61. The highest BCUT2D eigenvalue weighted by Gasteiger charge is 2.18. The number of carbonyl (C=O) groups is 2. The molecule has 7 heteroatoms. The smallest absolute Gasteiger partial charge is 0.256 e. The second-order valence-electron chi connectivity index (χ2n) is 6.81. The molecule has 0 atom stereocenters. The van der Waals surface area contributed by atoms with Crippen molar-refractivity contribution >= 4 is 29.1 Å². The number of aromatic hydroxyl groups is 1. The normalized spacial score (nSPS) is 11.1. The third kappa shape index (κ3) is 4.73. The molecule has 2 aromatic rings. The maximum atomic E-state index is 13.7. The van der Waals surface area contributed by atoms with Crippen molar-refractivity contribution in [3.8, 4) is 5.75 Å². The molecule has 0 bridgehead atoms. The number of amides is 2. The number of halogens is 2. The maximum Gasteiger partial charge on any atom is 0.256 e. The largest absolute Gasteiger partial charge is 0.506 e. The van der Waals surface area contributed by atoms with Crippen LogP contribution in [0.4, 0.5) is 10.1 Å². The van der Waals surface area contributed by atoms with Crippen molar-refractivity contribution in [2.24, 2.45) is 0 Å². The first-order valence-electron chi connectivity index (χ1n) is 7.95. The molecule has 0 heterocycles.